The minimum Gasteiger partial charge on any atom is -0.477 e. The summed E-state index contributed by atoms with van der Waals surface area (Å²) in [5.74, 6) is 0.746. The first-order chi connectivity index (χ1) is 14.3. The van der Waals surface area contributed by atoms with Gasteiger partial charge in [0.25, 0.3) is 0 Å². The molecular weight excluding hydrogens is 409 g/mol. The van der Waals surface area contributed by atoms with E-state index in [0.717, 1.165) is 5.56 Å². The van der Waals surface area contributed by atoms with Gasteiger partial charge in [0.2, 0.25) is 5.78 Å². The van der Waals surface area contributed by atoms with Gasteiger partial charge in [-0.05, 0) is 31.6 Å². The molecule has 0 aromatic heterocycles. The van der Waals surface area contributed by atoms with Gasteiger partial charge in [-0.1, -0.05) is 18.2 Å². The highest BCUT2D eigenvalue weighted by molar-refractivity contribution is 7.91. The highest BCUT2D eigenvalue weighted by Crippen LogP contribution is 2.43. The quantitative estimate of drug-likeness (QED) is 0.684. The van der Waals surface area contributed by atoms with Crippen molar-refractivity contribution in [3.63, 3.8) is 0 Å². The third kappa shape index (κ3) is 3.20. The molecule has 6 nitrogen and oxygen atoms in total. The van der Waals surface area contributed by atoms with E-state index >= 15 is 0 Å². The first-order valence-electron chi connectivity index (χ1n) is 9.75. The molecule has 0 amide bonds. The normalized spacial score (nSPS) is 23.7. The Kier molecular flexibility index (Phi) is 4.44. The molecule has 1 atom stereocenters. The second-order valence-electron chi connectivity index (χ2n) is 7.90. The predicted octanol–water partition coefficient (Wildman–Crippen LogP) is 3.09. The van der Waals surface area contributed by atoms with Crippen LogP contribution >= 0.6 is 0 Å². The number of Topliss-reactive ketones (excluding diaryl/α,β-unsaturated/α-hetero) is 1. The monoisotopic (exact) mass is 429 g/mol. The zero-order chi connectivity index (χ0) is 21.0. The molecule has 3 aliphatic rings. The number of hydrogen-bond acceptors (Lipinski definition) is 6. The van der Waals surface area contributed by atoms with Crippen LogP contribution in [0, 0.1) is 12.7 Å². The number of ketones is 1. The Morgan fingerprint density at radius 1 is 1.23 bits per heavy atom. The van der Waals surface area contributed by atoms with Crippen molar-refractivity contribution in [2.24, 2.45) is 0 Å². The maximum atomic E-state index is 14.0. The van der Waals surface area contributed by atoms with Crippen molar-refractivity contribution in [2.75, 3.05) is 18.2 Å². The molecule has 1 fully saturated rings. The topological polar surface area (TPSA) is 72.9 Å². The summed E-state index contributed by atoms with van der Waals surface area (Å²) < 4.78 is 49.4. The van der Waals surface area contributed by atoms with Crippen LogP contribution in [0.25, 0.3) is 6.08 Å². The van der Waals surface area contributed by atoms with E-state index in [4.69, 9.17) is 9.47 Å². The molecule has 0 unspecified atom stereocenters. The largest absolute Gasteiger partial charge is 0.477 e. The smallest absolute Gasteiger partial charge is 0.231 e. The van der Waals surface area contributed by atoms with Crippen molar-refractivity contribution in [1.82, 2.24) is 4.90 Å². The number of sulfone groups is 1. The molecule has 8 heteroatoms. The summed E-state index contributed by atoms with van der Waals surface area (Å²) in [6.45, 7) is 2.62. The summed E-state index contributed by atoms with van der Waals surface area (Å²) in [7, 11) is -3.00. The molecule has 1 saturated heterocycles. The standard InChI is InChI=1S/C22H20FNO5S/c1-13-21-15(10-24(12-28-21)16-6-7-30(26,27)11-16)8-17-20(25)19(29-22(13)17)9-14-4-2-3-5-18(14)23/h2-5,8-9,16H,6-7,10-12H2,1H3/b19-9-/t16-/m0/s1. The van der Waals surface area contributed by atoms with Crippen molar-refractivity contribution in [2.45, 2.75) is 25.9 Å². The van der Waals surface area contributed by atoms with Gasteiger partial charge in [-0.15, -0.1) is 0 Å². The maximum absolute atomic E-state index is 14.0. The lowest BCUT2D eigenvalue weighted by Crippen LogP contribution is -2.41. The predicted molar refractivity (Wildman–Crippen MR) is 109 cm³/mol. The molecule has 2 aromatic carbocycles. The van der Waals surface area contributed by atoms with Gasteiger partial charge >= 0.3 is 0 Å². The van der Waals surface area contributed by atoms with Gasteiger partial charge in [-0.3, -0.25) is 9.69 Å². The Morgan fingerprint density at radius 3 is 2.77 bits per heavy atom. The van der Waals surface area contributed by atoms with Gasteiger partial charge in [0, 0.05) is 29.3 Å². The van der Waals surface area contributed by atoms with Crippen LogP contribution in [0.3, 0.4) is 0 Å². The van der Waals surface area contributed by atoms with E-state index in [1.165, 1.54) is 12.1 Å². The lowest BCUT2D eigenvalue weighted by Gasteiger charge is -2.33. The summed E-state index contributed by atoms with van der Waals surface area (Å²) in [5, 5.41) is 0. The Hall–Kier alpha value is -2.71. The van der Waals surface area contributed by atoms with Gasteiger partial charge in [0.1, 0.15) is 24.0 Å². The zero-order valence-electron chi connectivity index (χ0n) is 16.4. The average Bonchev–Trinajstić information content (AvgIpc) is 3.23. The second kappa shape index (κ2) is 6.92. The van der Waals surface area contributed by atoms with Crippen LogP contribution in [0.4, 0.5) is 4.39 Å². The number of halogens is 1. The molecule has 0 saturated carbocycles. The zero-order valence-corrected chi connectivity index (χ0v) is 17.2. The average molecular weight is 429 g/mol. The number of allylic oxidation sites excluding steroid dienone is 1. The fraction of sp³-hybridized carbons (Fsp3) is 0.318. The van der Waals surface area contributed by atoms with Gasteiger partial charge in [-0.2, -0.15) is 0 Å². The van der Waals surface area contributed by atoms with E-state index in [1.54, 1.807) is 24.3 Å². The number of carbonyl (C=O) groups excluding carboxylic acids is 1. The number of ether oxygens (including phenoxy) is 2. The fourth-order valence-electron chi connectivity index (χ4n) is 4.30. The van der Waals surface area contributed by atoms with Gasteiger partial charge in [0.15, 0.2) is 15.6 Å². The van der Waals surface area contributed by atoms with Crippen molar-refractivity contribution in [3.05, 3.63) is 64.2 Å². The minimum atomic E-state index is -3.00. The summed E-state index contributed by atoms with van der Waals surface area (Å²) in [5.41, 5.74) is 2.23. The molecule has 2 aromatic rings. The van der Waals surface area contributed by atoms with Crippen LogP contribution in [0.15, 0.2) is 36.1 Å². The van der Waals surface area contributed by atoms with E-state index in [9.17, 15) is 17.6 Å². The van der Waals surface area contributed by atoms with Crippen LogP contribution in [0.5, 0.6) is 11.5 Å². The summed E-state index contributed by atoms with van der Waals surface area (Å²) >= 11 is 0. The van der Waals surface area contributed by atoms with Crippen LogP contribution in [0.1, 0.15) is 33.5 Å². The third-order valence-electron chi connectivity index (χ3n) is 5.88. The SMILES string of the molecule is Cc1c2c(cc3c1O/C(=C\c1ccccc1F)C3=O)CN([C@H]1CCS(=O)(=O)C1)CO2. The first-order valence-corrected chi connectivity index (χ1v) is 11.6. The molecule has 5 rings (SSSR count). The maximum Gasteiger partial charge on any atom is 0.231 e. The summed E-state index contributed by atoms with van der Waals surface area (Å²) in [4.78, 5) is 14.9. The molecule has 3 heterocycles. The third-order valence-corrected chi connectivity index (χ3v) is 7.63. The van der Waals surface area contributed by atoms with E-state index in [2.05, 4.69) is 0 Å². The number of hydrogen-bond donors (Lipinski definition) is 0. The molecule has 0 spiro atoms. The van der Waals surface area contributed by atoms with Gasteiger partial charge < -0.3 is 9.47 Å². The van der Waals surface area contributed by atoms with Crippen molar-refractivity contribution >= 4 is 21.7 Å². The van der Waals surface area contributed by atoms with E-state index in [1.807, 2.05) is 11.8 Å². The lowest BCUT2D eigenvalue weighted by molar-refractivity contribution is 0.0637. The van der Waals surface area contributed by atoms with Crippen molar-refractivity contribution < 1.29 is 27.1 Å². The number of rotatable bonds is 2. The molecule has 156 valence electrons. The number of fused-ring (bicyclic) bond motifs is 2. The summed E-state index contributed by atoms with van der Waals surface area (Å²) in [6.07, 6.45) is 2.00. The molecular formula is C22H20FNO5S. The molecule has 30 heavy (non-hydrogen) atoms. The highest BCUT2D eigenvalue weighted by atomic mass is 32.2. The number of nitrogens with zero attached hydrogens (tertiary/aromatic N) is 1. The first kappa shape index (κ1) is 19.3. The molecule has 0 aliphatic carbocycles. The van der Waals surface area contributed by atoms with Gasteiger partial charge in [0.05, 0.1) is 17.1 Å². The van der Waals surface area contributed by atoms with E-state index in [0.29, 0.717) is 42.3 Å². The molecule has 3 aliphatic heterocycles. The van der Waals surface area contributed by atoms with E-state index < -0.39 is 15.7 Å². The van der Waals surface area contributed by atoms with E-state index in [-0.39, 0.29) is 34.7 Å². The lowest BCUT2D eigenvalue weighted by atomic mass is 9.99. The summed E-state index contributed by atoms with van der Waals surface area (Å²) in [6, 6.07) is 7.85. The van der Waals surface area contributed by atoms with Crippen LogP contribution in [-0.2, 0) is 16.4 Å². The van der Waals surface area contributed by atoms with Gasteiger partial charge in [-0.25, -0.2) is 12.8 Å². The Bertz CT molecular complexity index is 1200. The Labute approximate surface area is 173 Å². The molecule has 0 bridgehead atoms. The van der Waals surface area contributed by atoms with Crippen molar-refractivity contribution in [3.8, 4) is 11.5 Å². The van der Waals surface area contributed by atoms with Crippen molar-refractivity contribution in [1.29, 1.82) is 0 Å². The fourth-order valence-corrected chi connectivity index (χ4v) is 6.06. The minimum absolute atomic E-state index is 0.0688. The number of benzene rings is 2. The molecule has 0 N–H and O–H groups in total. The second-order valence-corrected chi connectivity index (χ2v) is 10.1. The van der Waals surface area contributed by atoms with Crippen LogP contribution in [-0.4, -0.2) is 43.4 Å². The highest BCUT2D eigenvalue weighted by Gasteiger charge is 2.37. The Balaban J connectivity index is 1.46. The Morgan fingerprint density at radius 2 is 2.03 bits per heavy atom. The molecule has 0 radical (unpaired) electrons. The van der Waals surface area contributed by atoms with Crippen LogP contribution in [0.2, 0.25) is 0 Å². The van der Waals surface area contributed by atoms with Crippen LogP contribution < -0.4 is 9.47 Å². The number of carbonyl (C=O) groups is 1.